The van der Waals surface area contributed by atoms with Crippen molar-refractivity contribution >= 4 is 12.4 Å². The van der Waals surface area contributed by atoms with Crippen LogP contribution in [0.2, 0.25) is 0 Å². The normalized spacial score (nSPS) is 15.1. The first-order valence-electron chi connectivity index (χ1n) is 6.20. The van der Waals surface area contributed by atoms with Crippen LogP contribution in [0.15, 0.2) is 18.2 Å². The van der Waals surface area contributed by atoms with E-state index in [-0.39, 0.29) is 24.9 Å². The summed E-state index contributed by atoms with van der Waals surface area (Å²) in [7, 11) is 0. The van der Waals surface area contributed by atoms with Gasteiger partial charge >= 0.3 is 12.4 Å². The van der Waals surface area contributed by atoms with E-state index in [1.807, 2.05) is 0 Å². The van der Waals surface area contributed by atoms with Gasteiger partial charge in [0, 0.05) is 0 Å². The number of nitrogens with two attached hydrogens (primary N) is 1. The Balaban J connectivity index is 0.00000441. The summed E-state index contributed by atoms with van der Waals surface area (Å²) in [5.41, 5.74) is 2.13. The van der Waals surface area contributed by atoms with Gasteiger partial charge in [0.1, 0.15) is 0 Å². The van der Waals surface area contributed by atoms with Crippen molar-refractivity contribution < 1.29 is 31.4 Å². The van der Waals surface area contributed by atoms with Crippen molar-refractivity contribution in [3.63, 3.8) is 0 Å². The van der Waals surface area contributed by atoms with Gasteiger partial charge in [0.15, 0.2) is 0 Å². The fourth-order valence-corrected chi connectivity index (χ4v) is 1.95. The Morgan fingerprint density at radius 2 is 1.64 bits per heavy atom. The maximum Gasteiger partial charge on any atom is 0.416 e. The largest absolute Gasteiger partial charge is 0.416 e. The van der Waals surface area contributed by atoms with Crippen LogP contribution in [0.5, 0.6) is 0 Å². The lowest BCUT2D eigenvalue weighted by atomic mass is 9.93. The molecule has 0 bridgehead atoms. The van der Waals surface area contributed by atoms with Crippen LogP contribution in [0.25, 0.3) is 0 Å². The van der Waals surface area contributed by atoms with Crippen LogP contribution < -0.4 is 5.73 Å². The minimum atomic E-state index is -4.99. The zero-order valence-electron chi connectivity index (χ0n) is 11.5. The minimum absolute atomic E-state index is 0. The number of aliphatic hydroxyl groups is 1. The minimum Gasteiger partial charge on any atom is -0.391 e. The van der Waals surface area contributed by atoms with Crippen molar-refractivity contribution in [3.05, 3.63) is 34.9 Å². The summed E-state index contributed by atoms with van der Waals surface area (Å²) >= 11 is 0. The predicted octanol–water partition coefficient (Wildman–Crippen LogP) is 4.31. The molecular formula is C13H16ClF6NO. The molecule has 128 valence electrons. The first kappa shape index (κ1) is 21.0. The highest BCUT2D eigenvalue weighted by atomic mass is 35.5. The molecular weight excluding hydrogens is 336 g/mol. The second-order valence-electron chi connectivity index (χ2n) is 4.68. The van der Waals surface area contributed by atoms with E-state index >= 15 is 0 Å². The molecule has 22 heavy (non-hydrogen) atoms. The highest BCUT2D eigenvalue weighted by Gasteiger charge is 2.39. The van der Waals surface area contributed by atoms with Crippen LogP contribution in [0.1, 0.15) is 42.5 Å². The fraction of sp³-hybridized carbons (Fsp3) is 0.538. The Hall–Kier alpha value is -0.990. The molecule has 0 saturated heterocycles. The molecule has 0 spiro atoms. The van der Waals surface area contributed by atoms with E-state index < -0.39 is 41.2 Å². The van der Waals surface area contributed by atoms with Gasteiger partial charge in [0.25, 0.3) is 0 Å². The highest BCUT2D eigenvalue weighted by Crippen LogP contribution is 2.39. The van der Waals surface area contributed by atoms with E-state index in [0.717, 1.165) is 0 Å². The third-order valence-corrected chi connectivity index (χ3v) is 3.04. The number of hydrogen-bond donors (Lipinski definition) is 2. The monoisotopic (exact) mass is 351 g/mol. The highest BCUT2D eigenvalue weighted by molar-refractivity contribution is 5.85. The first-order valence-corrected chi connectivity index (χ1v) is 6.20. The Morgan fingerprint density at radius 1 is 1.09 bits per heavy atom. The molecule has 0 aromatic heterocycles. The maximum absolute atomic E-state index is 12.9. The second-order valence-corrected chi connectivity index (χ2v) is 4.68. The molecule has 0 heterocycles. The van der Waals surface area contributed by atoms with Crippen LogP contribution in [-0.2, 0) is 12.4 Å². The summed E-state index contributed by atoms with van der Waals surface area (Å²) < 4.78 is 76.3. The Morgan fingerprint density at radius 3 is 2.05 bits per heavy atom. The van der Waals surface area contributed by atoms with Crippen LogP contribution in [0, 0.1) is 0 Å². The molecule has 0 saturated carbocycles. The van der Waals surface area contributed by atoms with Gasteiger partial charge in [-0.05, 0) is 24.1 Å². The quantitative estimate of drug-likeness (QED) is 0.794. The van der Waals surface area contributed by atoms with Crippen molar-refractivity contribution in [1.82, 2.24) is 0 Å². The van der Waals surface area contributed by atoms with Gasteiger partial charge < -0.3 is 10.8 Å². The average molecular weight is 352 g/mol. The molecule has 1 aromatic carbocycles. The SMILES string of the molecule is CCC[C@@H](O)[C@@H](N)c1ccc(C(F)(F)F)cc1C(F)(F)F.Cl. The van der Waals surface area contributed by atoms with Crippen LogP contribution in [0.4, 0.5) is 26.3 Å². The molecule has 2 atom stereocenters. The van der Waals surface area contributed by atoms with Crippen molar-refractivity contribution in [2.45, 2.75) is 44.3 Å². The summed E-state index contributed by atoms with van der Waals surface area (Å²) in [4.78, 5) is 0. The lowest BCUT2D eigenvalue weighted by Gasteiger charge is -2.23. The number of hydrogen-bond acceptors (Lipinski definition) is 2. The lowest BCUT2D eigenvalue weighted by molar-refractivity contribution is -0.143. The van der Waals surface area contributed by atoms with Crippen LogP contribution in [0.3, 0.4) is 0 Å². The molecule has 9 heteroatoms. The Kier molecular flexibility index (Phi) is 7.18. The summed E-state index contributed by atoms with van der Waals surface area (Å²) in [5, 5.41) is 9.68. The zero-order valence-corrected chi connectivity index (χ0v) is 12.3. The second kappa shape index (κ2) is 7.52. The van der Waals surface area contributed by atoms with Gasteiger partial charge in [-0.2, -0.15) is 26.3 Å². The molecule has 0 aliphatic rings. The average Bonchev–Trinajstić information content (AvgIpc) is 2.35. The molecule has 0 aliphatic carbocycles. The molecule has 0 fully saturated rings. The smallest absolute Gasteiger partial charge is 0.391 e. The molecule has 0 radical (unpaired) electrons. The first-order chi connectivity index (χ1) is 9.48. The molecule has 0 amide bonds. The van der Waals surface area contributed by atoms with Gasteiger partial charge in [-0.1, -0.05) is 19.4 Å². The summed E-state index contributed by atoms with van der Waals surface area (Å²) in [6.07, 6.45) is -10.5. The predicted molar refractivity (Wildman–Crippen MR) is 71.5 cm³/mol. The molecule has 1 rings (SSSR count). The number of aliphatic hydroxyl groups excluding tert-OH is 1. The van der Waals surface area contributed by atoms with Crippen molar-refractivity contribution in [1.29, 1.82) is 0 Å². The third kappa shape index (κ3) is 5.03. The zero-order chi connectivity index (χ0) is 16.4. The van der Waals surface area contributed by atoms with E-state index in [9.17, 15) is 31.4 Å². The van der Waals surface area contributed by atoms with Gasteiger partial charge in [0.2, 0.25) is 0 Å². The van der Waals surface area contributed by atoms with E-state index in [2.05, 4.69) is 0 Å². The molecule has 2 nitrogen and oxygen atoms in total. The topological polar surface area (TPSA) is 46.2 Å². The Bertz CT molecular complexity index is 488. The van der Waals surface area contributed by atoms with Gasteiger partial charge in [-0.25, -0.2) is 0 Å². The van der Waals surface area contributed by atoms with Gasteiger partial charge in [-0.15, -0.1) is 12.4 Å². The van der Waals surface area contributed by atoms with E-state index in [1.54, 1.807) is 6.92 Å². The molecule has 3 N–H and O–H groups in total. The Labute approximate surface area is 129 Å². The van der Waals surface area contributed by atoms with Crippen molar-refractivity contribution in [2.24, 2.45) is 5.73 Å². The van der Waals surface area contributed by atoms with Crippen molar-refractivity contribution in [2.75, 3.05) is 0 Å². The van der Waals surface area contributed by atoms with Crippen molar-refractivity contribution in [3.8, 4) is 0 Å². The fourth-order valence-electron chi connectivity index (χ4n) is 1.95. The van der Waals surface area contributed by atoms with Crippen LogP contribution >= 0.6 is 12.4 Å². The van der Waals surface area contributed by atoms with Gasteiger partial charge in [-0.3, -0.25) is 0 Å². The third-order valence-electron chi connectivity index (χ3n) is 3.04. The molecule has 0 aliphatic heterocycles. The van der Waals surface area contributed by atoms with Crippen LogP contribution in [-0.4, -0.2) is 11.2 Å². The molecule has 0 unspecified atom stereocenters. The summed E-state index contributed by atoms with van der Waals surface area (Å²) in [6.45, 7) is 1.70. The standard InChI is InChI=1S/C13H15F6NO.ClH/c1-2-3-10(21)11(20)8-5-4-7(12(14,15)16)6-9(8)13(17,18)19;/h4-6,10-11,21H,2-3,20H2,1H3;1H/t10-,11+;/m1./s1. The lowest BCUT2D eigenvalue weighted by Crippen LogP contribution is -2.29. The number of rotatable bonds is 4. The number of benzene rings is 1. The summed E-state index contributed by atoms with van der Waals surface area (Å²) in [5.74, 6) is 0. The number of alkyl halides is 6. The number of halogens is 7. The summed E-state index contributed by atoms with van der Waals surface area (Å²) in [6, 6.07) is -0.171. The maximum atomic E-state index is 12.9. The van der Waals surface area contributed by atoms with E-state index in [1.165, 1.54) is 0 Å². The molecule has 1 aromatic rings. The van der Waals surface area contributed by atoms with E-state index in [4.69, 9.17) is 5.73 Å². The van der Waals surface area contributed by atoms with Gasteiger partial charge in [0.05, 0.1) is 23.3 Å². The van der Waals surface area contributed by atoms with E-state index in [0.29, 0.717) is 18.6 Å².